The summed E-state index contributed by atoms with van der Waals surface area (Å²) in [5.41, 5.74) is 0. The zero-order chi connectivity index (χ0) is 14.7. The Balaban J connectivity index is 0.000000555. The number of nitrogens with zero attached hydrogens (tertiary/aromatic N) is 1. The van der Waals surface area contributed by atoms with Crippen molar-refractivity contribution < 1.29 is 33.5 Å². The van der Waals surface area contributed by atoms with Crippen LogP contribution >= 0.6 is 0 Å². The van der Waals surface area contributed by atoms with Crippen LogP contribution in [-0.4, -0.2) is 37.9 Å². The molecule has 6 heteroatoms. The normalized spacial score (nSPS) is 17.4. The third kappa shape index (κ3) is 14.0. The van der Waals surface area contributed by atoms with E-state index in [-0.39, 0.29) is 0 Å². The van der Waals surface area contributed by atoms with Crippen LogP contribution in [0.25, 0.3) is 0 Å². The van der Waals surface area contributed by atoms with Gasteiger partial charge >= 0.3 is 28.9 Å². The molecule has 0 aliphatic heterocycles. The third-order valence-corrected chi connectivity index (χ3v) is 3.09. The van der Waals surface area contributed by atoms with Gasteiger partial charge in [0.2, 0.25) is 0 Å². The van der Waals surface area contributed by atoms with Crippen LogP contribution in [0.2, 0.25) is 0 Å². The van der Waals surface area contributed by atoms with Crippen molar-refractivity contribution in [1.29, 1.82) is 0 Å². The summed E-state index contributed by atoms with van der Waals surface area (Å²) >= 11 is 0. The van der Waals surface area contributed by atoms with Crippen LogP contribution in [0.3, 0.4) is 0 Å². The molecule has 0 aromatic carbocycles. The first-order chi connectivity index (χ1) is 8.86. The molecule has 1 fully saturated rings. The van der Waals surface area contributed by atoms with Gasteiger partial charge in [-0.05, 0) is 12.8 Å². The van der Waals surface area contributed by atoms with E-state index in [2.05, 4.69) is 24.6 Å². The molecule has 3 N–H and O–H groups in total. The van der Waals surface area contributed by atoms with Crippen LogP contribution in [0.4, 0.5) is 0 Å². The Kier molecular flexibility index (Phi) is 10.5. The molecule has 116 valence electrons. The van der Waals surface area contributed by atoms with E-state index >= 15 is 0 Å². The fraction of sp³-hybridized carbons (Fsp3) is 0.923. The van der Waals surface area contributed by atoms with Crippen LogP contribution in [0.1, 0.15) is 58.8 Å². The van der Waals surface area contributed by atoms with Crippen molar-refractivity contribution in [2.24, 2.45) is 5.92 Å². The molecule has 0 atom stereocenters. The van der Waals surface area contributed by atoms with Gasteiger partial charge in [0.1, 0.15) is 19.3 Å². The first kappa shape index (κ1) is 18.8. The molecule has 0 spiro atoms. The summed E-state index contributed by atoms with van der Waals surface area (Å²) in [5.74, 6) is 0.891. The molecule has 0 saturated heterocycles. The fourth-order valence-electron chi connectivity index (χ4n) is 2.42. The average molecular weight is 299 g/mol. The Morgan fingerprint density at radius 2 is 1.47 bits per heavy atom. The van der Waals surface area contributed by atoms with Crippen molar-refractivity contribution in [3.63, 3.8) is 0 Å². The minimum atomic E-state index is -4.19. The summed E-state index contributed by atoms with van der Waals surface area (Å²) in [4.78, 5) is 0. The molecule has 0 unspecified atom stereocenters. The SMILES string of the molecule is CCC[N+](=CC1CCCCC1)CCC.[O-][Cl+](O)(O)O. The van der Waals surface area contributed by atoms with Crippen LogP contribution in [0.5, 0.6) is 0 Å². The summed E-state index contributed by atoms with van der Waals surface area (Å²) in [7, 11) is -4.19. The Labute approximate surface area is 118 Å². The van der Waals surface area contributed by atoms with Crippen molar-refractivity contribution in [2.45, 2.75) is 58.8 Å². The van der Waals surface area contributed by atoms with Gasteiger partial charge in [-0.3, -0.25) is 0 Å². The second-order valence-electron chi connectivity index (χ2n) is 5.02. The van der Waals surface area contributed by atoms with Gasteiger partial charge in [-0.2, -0.15) is 0 Å². The van der Waals surface area contributed by atoms with Crippen LogP contribution in [-0.2, 0) is 0 Å². The Morgan fingerprint density at radius 1 is 1.05 bits per heavy atom. The molecule has 0 bridgehead atoms. The van der Waals surface area contributed by atoms with E-state index in [9.17, 15) is 0 Å². The molecule has 0 aromatic rings. The van der Waals surface area contributed by atoms with E-state index in [0.29, 0.717) is 0 Å². The average Bonchev–Trinajstić information content (AvgIpc) is 2.29. The van der Waals surface area contributed by atoms with Gasteiger partial charge in [-0.15, -0.1) is 0 Å². The van der Waals surface area contributed by atoms with Gasteiger partial charge in [0, 0.05) is 18.8 Å². The Hall–Kier alpha value is -0.200. The van der Waals surface area contributed by atoms with E-state index in [4.69, 9.17) is 18.6 Å². The van der Waals surface area contributed by atoms with Gasteiger partial charge in [0.15, 0.2) is 0 Å². The van der Waals surface area contributed by atoms with E-state index in [1.54, 1.807) is 0 Å². The maximum absolute atomic E-state index is 8.83. The van der Waals surface area contributed by atoms with E-state index < -0.39 is 10.2 Å². The molecular formula is C13H29ClNO4+. The van der Waals surface area contributed by atoms with Crippen LogP contribution < -0.4 is 4.66 Å². The van der Waals surface area contributed by atoms with E-state index in [1.807, 2.05) is 0 Å². The first-order valence-electron chi connectivity index (χ1n) is 7.12. The molecule has 5 nitrogen and oxygen atoms in total. The minimum absolute atomic E-state index is 0.891. The summed E-state index contributed by atoms with van der Waals surface area (Å²) < 4.78 is 32.8. The molecule has 0 amide bonds. The summed E-state index contributed by atoms with van der Waals surface area (Å²) in [5, 5.41) is 0. The van der Waals surface area contributed by atoms with Gasteiger partial charge in [-0.25, -0.2) is 4.58 Å². The molecule has 1 rings (SSSR count). The molecule has 1 saturated carbocycles. The topological polar surface area (TPSA) is 86.8 Å². The molecule has 0 heterocycles. The van der Waals surface area contributed by atoms with Crippen LogP contribution in [0, 0.1) is 16.2 Å². The maximum atomic E-state index is 8.83. The molecule has 1 aliphatic carbocycles. The first-order valence-corrected chi connectivity index (χ1v) is 8.44. The second-order valence-corrected chi connectivity index (χ2v) is 5.88. The number of hydrogen-bond acceptors (Lipinski definition) is 4. The molecular weight excluding hydrogens is 270 g/mol. The van der Waals surface area contributed by atoms with E-state index in [1.165, 1.54) is 58.0 Å². The molecule has 19 heavy (non-hydrogen) atoms. The van der Waals surface area contributed by atoms with Crippen molar-refractivity contribution in [2.75, 3.05) is 13.1 Å². The summed E-state index contributed by atoms with van der Waals surface area (Å²) in [6.07, 6.45) is 12.3. The summed E-state index contributed by atoms with van der Waals surface area (Å²) in [6, 6.07) is 0. The van der Waals surface area contributed by atoms with Gasteiger partial charge < -0.3 is 0 Å². The molecule has 0 aromatic heterocycles. The zero-order valence-corrected chi connectivity index (χ0v) is 12.8. The number of hydrogen-bond donors (Lipinski definition) is 3. The van der Waals surface area contributed by atoms with Crippen molar-refractivity contribution in [3.05, 3.63) is 0 Å². The third-order valence-electron chi connectivity index (χ3n) is 3.09. The van der Waals surface area contributed by atoms with Gasteiger partial charge in [-0.1, -0.05) is 33.1 Å². The van der Waals surface area contributed by atoms with Crippen molar-refractivity contribution in [1.82, 2.24) is 0 Å². The summed E-state index contributed by atoms with van der Waals surface area (Å²) in [6.45, 7) is 7.06. The van der Waals surface area contributed by atoms with Gasteiger partial charge in [0.25, 0.3) is 0 Å². The van der Waals surface area contributed by atoms with Crippen molar-refractivity contribution >= 4 is 6.21 Å². The van der Waals surface area contributed by atoms with Crippen LogP contribution in [0.15, 0.2) is 0 Å². The predicted octanol–water partition coefficient (Wildman–Crippen LogP) is 0.610. The standard InChI is InChI=1S/C13H26N.ClH3O4/c1-3-10-14(11-4-2)12-13-8-6-5-7-9-13;2-1(3,4)5/h12-13H,3-11H2,1-2H3;2-4H/q+1;. The Bertz CT molecular complexity index is 234. The molecule has 0 radical (unpaired) electrons. The number of rotatable bonds is 5. The quantitative estimate of drug-likeness (QED) is 0.513. The second kappa shape index (κ2) is 10.6. The Morgan fingerprint density at radius 3 is 1.84 bits per heavy atom. The number of halogens is 1. The fourth-order valence-corrected chi connectivity index (χ4v) is 2.42. The monoisotopic (exact) mass is 298 g/mol. The zero-order valence-electron chi connectivity index (χ0n) is 12.1. The predicted molar refractivity (Wildman–Crippen MR) is 69.9 cm³/mol. The van der Waals surface area contributed by atoms with Gasteiger partial charge in [0.05, 0.1) is 0 Å². The van der Waals surface area contributed by atoms with E-state index in [0.717, 1.165) is 5.92 Å². The van der Waals surface area contributed by atoms with Crippen molar-refractivity contribution in [3.8, 4) is 0 Å². The molecule has 1 aliphatic rings.